The highest BCUT2D eigenvalue weighted by molar-refractivity contribution is 7.71. The zero-order chi connectivity index (χ0) is 18.0. The third-order valence-corrected chi connectivity index (χ3v) is 4.41. The van der Waals surface area contributed by atoms with Crippen LogP contribution in [0.25, 0.3) is 10.9 Å². The van der Waals surface area contributed by atoms with Crippen molar-refractivity contribution in [2.75, 3.05) is 0 Å². The number of carbonyl (C=O) groups excluding carboxylic acids is 1. The molecule has 1 aromatic carbocycles. The van der Waals surface area contributed by atoms with Crippen LogP contribution < -0.4 is 10.9 Å². The number of pyridine rings is 1. The molecule has 0 unspecified atom stereocenters. The summed E-state index contributed by atoms with van der Waals surface area (Å²) in [5.41, 5.74) is 1.78. The number of aromatic amines is 1. The fraction of sp³-hybridized carbons (Fsp3) is 0.222. The topological polar surface area (TPSA) is 79.8 Å². The largest absolute Gasteiger partial charge is 0.345 e. The number of hydrogen-bond acceptors (Lipinski definition) is 4. The van der Waals surface area contributed by atoms with Gasteiger partial charge in [0.05, 0.1) is 16.9 Å². The summed E-state index contributed by atoms with van der Waals surface area (Å²) < 4.78 is 1.84. The molecular formula is C18H18N4O2S. The number of hydrogen-bond donors (Lipinski definition) is 2. The second-order valence-corrected chi connectivity index (χ2v) is 6.11. The van der Waals surface area contributed by atoms with Crippen LogP contribution in [0.5, 0.6) is 0 Å². The van der Waals surface area contributed by atoms with Crippen LogP contribution in [0.2, 0.25) is 0 Å². The molecule has 3 aromatic rings. The molecule has 1 amide bonds. The summed E-state index contributed by atoms with van der Waals surface area (Å²) in [4.78, 5) is 32.0. The fourth-order valence-corrected chi connectivity index (χ4v) is 3.00. The summed E-state index contributed by atoms with van der Waals surface area (Å²) in [6.45, 7) is 4.25. The second kappa shape index (κ2) is 6.98. The van der Waals surface area contributed by atoms with Gasteiger partial charge in [-0.3, -0.25) is 19.1 Å². The van der Waals surface area contributed by atoms with Crippen LogP contribution in [0.1, 0.15) is 35.8 Å². The van der Waals surface area contributed by atoms with Gasteiger partial charge in [-0.25, -0.2) is 0 Å². The summed E-state index contributed by atoms with van der Waals surface area (Å²) in [6, 6.07) is 8.50. The van der Waals surface area contributed by atoms with Crippen LogP contribution in [-0.4, -0.2) is 20.4 Å². The summed E-state index contributed by atoms with van der Waals surface area (Å²) in [7, 11) is 0. The van der Waals surface area contributed by atoms with Crippen LogP contribution >= 0.6 is 12.2 Å². The molecule has 2 heterocycles. The minimum absolute atomic E-state index is 0.156. The van der Waals surface area contributed by atoms with Gasteiger partial charge in [0.25, 0.3) is 11.5 Å². The highest BCUT2D eigenvalue weighted by Gasteiger charge is 2.13. The number of carbonyl (C=O) groups is 1. The van der Waals surface area contributed by atoms with Crippen molar-refractivity contribution >= 4 is 29.0 Å². The Kier molecular flexibility index (Phi) is 4.76. The van der Waals surface area contributed by atoms with Gasteiger partial charge in [0, 0.05) is 24.5 Å². The minimum Gasteiger partial charge on any atom is -0.345 e. The monoisotopic (exact) mass is 354 g/mol. The molecule has 0 aliphatic carbocycles. The van der Waals surface area contributed by atoms with Crippen molar-refractivity contribution in [1.29, 1.82) is 0 Å². The van der Waals surface area contributed by atoms with Crippen LogP contribution in [0.15, 0.2) is 47.5 Å². The molecule has 6 nitrogen and oxygen atoms in total. The Hall–Kier alpha value is -2.80. The average Bonchev–Trinajstić information content (AvgIpc) is 2.62. The van der Waals surface area contributed by atoms with Crippen molar-refractivity contribution in [3.8, 4) is 0 Å². The number of nitrogens with zero attached hydrogens (tertiary/aromatic N) is 2. The smallest absolute Gasteiger partial charge is 0.262 e. The van der Waals surface area contributed by atoms with E-state index in [-0.39, 0.29) is 17.5 Å². The maximum Gasteiger partial charge on any atom is 0.262 e. The molecule has 1 atom stereocenters. The Morgan fingerprint density at radius 1 is 1.40 bits per heavy atom. The first kappa shape index (κ1) is 17.0. The molecule has 0 aliphatic heterocycles. The Morgan fingerprint density at radius 3 is 2.88 bits per heavy atom. The van der Waals surface area contributed by atoms with Gasteiger partial charge in [0.2, 0.25) is 0 Å². The van der Waals surface area contributed by atoms with Crippen molar-refractivity contribution in [3.63, 3.8) is 0 Å². The first-order chi connectivity index (χ1) is 12.0. The number of aromatic nitrogens is 3. The number of H-pyrrole nitrogens is 1. The summed E-state index contributed by atoms with van der Waals surface area (Å²) in [6.07, 6.45) is 3.41. The van der Waals surface area contributed by atoms with Gasteiger partial charge in [-0.05, 0) is 55.9 Å². The molecule has 0 radical (unpaired) electrons. The van der Waals surface area contributed by atoms with E-state index in [0.29, 0.717) is 27.8 Å². The number of rotatable bonds is 4. The normalized spacial score (nSPS) is 12.1. The van der Waals surface area contributed by atoms with Gasteiger partial charge in [0.15, 0.2) is 4.77 Å². The van der Waals surface area contributed by atoms with Crippen LogP contribution in [0.3, 0.4) is 0 Å². The van der Waals surface area contributed by atoms with Crippen molar-refractivity contribution in [1.82, 2.24) is 19.9 Å². The van der Waals surface area contributed by atoms with Crippen molar-refractivity contribution < 1.29 is 4.79 Å². The van der Waals surface area contributed by atoms with Crippen LogP contribution in [0, 0.1) is 4.77 Å². The quantitative estimate of drug-likeness (QED) is 0.706. The third kappa shape index (κ3) is 3.36. The van der Waals surface area contributed by atoms with Gasteiger partial charge >= 0.3 is 0 Å². The molecule has 0 saturated heterocycles. The Labute approximate surface area is 149 Å². The fourth-order valence-electron chi connectivity index (χ4n) is 2.68. The van der Waals surface area contributed by atoms with Gasteiger partial charge in [0.1, 0.15) is 0 Å². The molecule has 128 valence electrons. The Bertz CT molecular complexity index is 1040. The van der Waals surface area contributed by atoms with Crippen LogP contribution in [0.4, 0.5) is 0 Å². The van der Waals surface area contributed by atoms with E-state index in [2.05, 4.69) is 15.3 Å². The predicted molar refractivity (Wildman–Crippen MR) is 99.2 cm³/mol. The lowest BCUT2D eigenvalue weighted by Gasteiger charge is -2.14. The molecule has 2 N–H and O–H groups in total. The zero-order valence-corrected chi connectivity index (χ0v) is 14.8. The standard InChI is InChI=1S/C18H18N4O2S/c1-3-22-17(24)14-7-6-12(9-15(14)21-18(22)25)16(23)20-11(2)13-5-4-8-19-10-13/h4-11H,3H2,1-2H3,(H,20,23)(H,21,25)/t11-/m0/s1. The van der Waals surface area contributed by atoms with Gasteiger partial charge in [-0.15, -0.1) is 0 Å². The van der Waals surface area contributed by atoms with E-state index >= 15 is 0 Å². The summed E-state index contributed by atoms with van der Waals surface area (Å²) >= 11 is 5.21. The van der Waals surface area contributed by atoms with Gasteiger partial charge < -0.3 is 10.3 Å². The van der Waals surface area contributed by atoms with E-state index in [1.165, 1.54) is 4.57 Å². The number of amides is 1. The number of nitrogens with one attached hydrogen (secondary N) is 2. The van der Waals surface area contributed by atoms with Gasteiger partial charge in [-0.1, -0.05) is 6.07 Å². The lowest BCUT2D eigenvalue weighted by atomic mass is 10.1. The number of benzene rings is 1. The first-order valence-corrected chi connectivity index (χ1v) is 8.39. The van der Waals surface area contributed by atoms with E-state index in [1.807, 2.05) is 26.0 Å². The SMILES string of the molecule is CCn1c(=S)[nH]c2cc(C(=O)N[C@@H](C)c3cccnc3)ccc2c1=O. The van der Waals surface area contributed by atoms with Gasteiger partial charge in [-0.2, -0.15) is 0 Å². The Morgan fingerprint density at radius 2 is 2.20 bits per heavy atom. The summed E-state index contributed by atoms with van der Waals surface area (Å²) in [5.74, 6) is -0.225. The van der Waals surface area contributed by atoms with E-state index in [9.17, 15) is 9.59 Å². The molecule has 7 heteroatoms. The van der Waals surface area contributed by atoms with E-state index in [1.54, 1.807) is 30.6 Å². The average molecular weight is 354 g/mol. The minimum atomic E-state index is -0.225. The summed E-state index contributed by atoms with van der Waals surface area (Å²) in [5, 5.41) is 3.43. The van der Waals surface area contributed by atoms with E-state index < -0.39 is 0 Å². The zero-order valence-electron chi connectivity index (χ0n) is 13.9. The van der Waals surface area contributed by atoms with Crippen LogP contribution in [-0.2, 0) is 6.54 Å². The van der Waals surface area contributed by atoms with E-state index in [0.717, 1.165) is 5.56 Å². The molecule has 0 spiro atoms. The Balaban J connectivity index is 1.93. The van der Waals surface area contributed by atoms with Crippen molar-refractivity contribution in [2.24, 2.45) is 0 Å². The molecule has 25 heavy (non-hydrogen) atoms. The molecule has 0 bridgehead atoms. The molecular weight excluding hydrogens is 336 g/mol. The molecule has 0 fully saturated rings. The molecule has 2 aromatic heterocycles. The predicted octanol–water partition coefficient (Wildman–Crippen LogP) is 2.96. The van der Waals surface area contributed by atoms with E-state index in [4.69, 9.17) is 12.2 Å². The highest BCUT2D eigenvalue weighted by Crippen LogP contribution is 2.14. The molecule has 0 saturated carbocycles. The second-order valence-electron chi connectivity index (χ2n) is 5.72. The molecule has 3 rings (SSSR count). The van der Waals surface area contributed by atoms with Crippen molar-refractivity contribution in [2.45, 2.75) is 26.4 Å². The lowest BCUT2D eigenvalue weighted by molar-refractivity contribution is 0.0940. The first-order valence-electron chi connectivity index (χ1n) is 7.99. The maximum absolute atomic E-state index is 12.5. The highest BCUT2D eigenvalue weighted by atomic mass is 32.1. The third-order valence-electron chi connectivity index (χ3n) is 4.09. The van der Waals surface area contributed by atoms with Crippen molar-refractivity contribution in [3.05, 3.63) is 69.0 Å². The molecule has 0 aliphatic rings. The lowest BCUT2D eigenvalue weighted by Crippen LogP contribution is -2.27. The maximum atomic E-state index is 12.5. The number of fused-ring (bicyclic) bond motifs is 1.